The average molecular weight is 259 g/mol. The molecule has 0 saturated carbocycles. The molecular weight excluding hydrogens is 242 g/mol. The highest BCUT2D eigenvalue weighted by molar-refractivity contribution is 5.57. The highest BCUT2D eigenvalue weighted by Crippen LogP contribution is 2.11. The van der Waals surface area contributed by atoms with E-state index in [1.54, 1.807) is 12.1 Å². The molecule has 0 fully saturated rings. The van der Waals surface area contributed by atoms with Crippen molar-refractivity contribution in [2.45, 2.75) is 19.8 Å². The molecule has 6 nitrogen and oxygen atoms in total. The molecule has 2 aromatic rings. The minimum atomic E-state index is -0.361. The van der Waals surface area contributed by atoms with E-state index in [-0.39, 0.29) is 17.2 Å². The Morgan fingerprint density at radius 3 is 2.68 bits per heavy atom. The first kappa shape index (κ1) is 13.1. The van der Waals surface area contributed by atoms with Crippen LogP contribution in [0.4, 0.5) is 5.95 Å². The topological polar surface area (TPSA) is 85.8 Å². The monoisotopic (exact) mass is 259 g/mol. The van der Waals surface area contributed by atoms with E-state index in [2.05, 4.69) is 22.4 Å². The van der Waals surface area contributed by atoms with Gasteiger partial charge in [0.05, 0.1) is 0 Å². The summed E-state index contributed by atoms with van der Waals surface area (Å²) in [6.45, 7) is 2.80. The molecule has 6 heteroatoms. The molecule has 0 aliphatic rings. The maximum Gasteiger partial charge on any atom is 0.300 e. The Kier molecular flexibility index (Phi) is 4.12. The second-order valence-corrected chi connectivity index (χ2v) is 4.19. The van der Waals surface area contributed by atoms with Crippen LogP contribution in [0.3, 0.4) is 0 Å². The molecule has 1 heterocycles. The smallest absolute Gasteiger partial charge is 0.300 e. The zero-order valence-electron chi connectivity index (χ0n) is 10.8. The van der Waals surface area contributed by atoms with Gasteiger partial charge in [-0.15, -0.1) is 10.2 Å². The van der Waals surface area contributed by atoms with Gasteiger partial charge in [0.1, 0.15) is 0 Å². The van der Waals surface area contributed by atoms with Crippen molar-refractivity contribution in [3.63, 3.8) is 0 Å². The summed E-state index contributed by atoms with van der Waals surface area (Å²) in [6.07, 6.45) is 2.04. The molecule has 0 aliphatic carbocycles. The standard InChI is InChI=1S/C13H17N5O/c1-2-3-9-15-13-17-16-11(12(19)18(13)14)10-7-5-4-6-8-10/h4-8H,2-3,9,14H2,1H3,(H,15,17). The summed E-state index contributed by atoms with van der Waals surface area (Å²) in [5, 5.41) is 10.9. The molecular formula is C13H17N5O. The van der Waals surface area contributed by atoms with Gasteiger partial charge in [-0.3, -0.25) is 4.79 Å². The van der Waals surface area contributed by atoms with Crippen molar-refractivity contribution >= 4 is 5.95 Å². The average Bonchev–Trinajstić information content (AvgIpc) is 2.45. The second-order valence-electron chi connectivity index (χ2n) is 4.19. The Bertz CT molecular complexity index is 594. The third-order valence-corrected chi connectivity index (χ3v) is 2.75. The van der Waals surface area contributed by atoms with Crippen LogP contribution in [-0.4, -0.2) is 21.4 Å². The predicted molar refractivity (Wildman–Crippen MR) is 75.3 cm³/mol. The molecule has 0 unspecified atom stereocenters. The molecule has 2 rings (SSSR count). The largest absolute Gasteiger partial charge is 0.353 e. The fourth-order valence-electron chi connectivity index (χ4n) is 1.67. The highest BCUT2D eigenvalue weighted by Gasteiger charge is 2.11. The summed E-state index contributed by atoms with van der Waals surface area (Å²) in [4.78, 5) is 12.1. The van der Waals surface area contributed by atoms with Crippen LogP contribution in [0, 0.1) is 0 Å². The van der Waals surface area contributed by atoms with Crippen molar-refractivity contribution < 1.29 is 0 Å². The van der Waals surface area contributed by atoms with E-state index in [0.717, 1.165) is 17.5 Å². The third kappa shape index (κ3) is 2.90. The Labute approximate surface area is 111 Å². The van der Waals surface area contributed by atoms with Gasteiger partial charge in [0.15, 0.2) is 5.69 Å². The zero-order chi connectivity index (χ0) is 13.7. The number of anilines is 1. The van der Waals surface area contributed by atoms with E-state index >= 15 is 0 Å². The second kappa shape index (κ2) is 5.99. The molecule has 0 atom stereocenters. The van der Waals surface area contributed by atoms with Gasteiger partial charge in [0.25, 0.3) is 5.56 Å². The molecule has 0 aliphatic heterocycles. The van der Waals surface area contributed by atoms with Crippen LogP contribution >= 0.6 is 0 Å². The molecule has 3 N–H and O–H groups in total. The molecule has 0 bridgehead atoms. The molecule has 1 aromatic carbocycles. The first-order valence-electron chi connectivity index (χ1n) is 6.28. The van der Waals surface area contributed by atoms with E-state index in [1.165, 1.54) is 0 Å². The lowest BCUT2D eigenvalue weighted by atomic mass is 10.2. The molecule has 0 spiro atoms. The summed E-state index contributed by atoms with van der Waals surface area (Å²) in [7, 11) is 0. The van der Waals surface area contributed by atoms with Crippen LogP contribution in [0.15, 0.2) is 35.1 Å². The van der Waals surface area contributed by atoms with Gasteiger partial charge in [-0.05, 0) is 6.42 Å². The number of aromatic nitrogens is 3. The Balaban J connectivity index is 2.30. The molecule has 1 aromatic heterocycles. The SMILES string of the molecule is CCCCNc1nnc(-c2ccccc2)c(=O)n1N. The number of unbranched alkanes of at least 4 members (excludes halogenated alkanes) is 1. The number of nitrogen functional groups attached to an aromatic ring is 1. The number of hydrogen-bond acceptors (Lipinski definition) is 5. The van der Waals surface area contributed by atoms with E-state index in [4.69, 9.17) is 5.84 Å². The number of hydrogen-bond donors (Lipinski definition) is 2. The van der Waals surface area contributed by atoms with Crippen molar-refractivity contribution in [1.29, 1.82) is 0 Å². The van der Waals surface area contributed by atoms with Gasteiger partial charge in [0.2, 0.25) is 5.95 Å². The lowest BCUT2D eigenvalue weighted by Gasteiger charge is -2.09. The van der Waals surface area contributed by atoms with Gasteiger partial charge in [-0.25, -0.2) is 0 Å². The lowest BCUT2D eigenvalue weighted by molar-refractivity contribution is 0.785. The lowest BCUT2D eigenvalue weighted by Crippen LogP contribution is -2.33. The van der Waals surface area contributed by atoms with Crippen LogP contribution < -0.4 is 16.7 Å². The summed E-state index contributed by atoms with van der Waals surface area (Å²) < 4.78 is 1.00. The normalized spacial score (nSPS) is 10.4. The number of nitrogens with zero attached hydrogens (tertiary/aromatic N) is 3. The Morgan fingerprint density at radius 1 is 1.26 bits per heavy atom. The van der Waals surface area contributed by atoms with Crippen LogP contribution in [0.1, 0.15) is 19.8 Å². The number of benzene rings is 1. The van der Waals surface area contributed by atoms with Gasteiger partial charge in [0, 0.05) is 12.1 Å². The first-order chi connectivity index (χ1) is 9.24. The van der Waals surface area contributed by atoms with Gasteiger partial charge in [-0.1, -0.05) is 43.7 Å². The third-order valence-electron chi connectivity index (χ3n) is 2.75. The number of nitrogens with two attached hydrogens (primary N) is 1. The predicted octanol–water partition coefficient (Wildman–Crippen LogP) is 1.23. The maximum atomic E-state index is 12.1. The van der Waals surface area contributed by atoms with Crippen molar-refractivity contribution in [2.75, 3.05) is 17.7 Å². The summed E-state index contributed by atoms with van der Waals surface area (Å²) >= 11 is 0. The van der Waals surface area contributed by atoms with E-state index in [9.17, 15) is 4.79 Å². The number of rotatable bonds is 5. The zero-order valence-corrected chi connectivity index (χ0v) is 10.8. The summed E-state index contributed by atoms with van der Waals surface area (Å²) in [5.74, 6) is 6.03. The highest BCUT2D eigenvalue weighted by atomic mass is 16.1. The van der Waals surface area contributed by atoms with Crippen LogP contribution in [-0.2, 0) is 0 Å². The molecule has 19 heavy (non-hydrogen) atoms. The Morgan fingerprint density at radius 2 is 2.00 bits per heavy atom. The maximum absolute atomic E-state index is 12.1. The van der Waals surface area contributed by atoms with Crippen molar-refractivity contribution in [3.8, 4) is 11.3 Å². The van der Waals surface area contributed by atoms with Crippen molar-refractivity contribution in [2.24, 2.45) is 0 Å². The fourth-order valence-corrected chi connectivity index (χ4v) is 1.67. The van der Waals surface area contributed by atoms with Gasteiger partial charge < -0.3 is 11.2 Å². The van der Waals surface area contributed by atoms with Gasteiger partial charge >= 0.3 is 0 Å². The molecule has 0 amide bonds. The summed E-state index contributed by atoms with van der Waals surface area (Å²) in [6, 6.07) is 9.15. The van der Waals surface area contributed by atoms with Gasteiger partial charge in [-0.2, -0.15) is 4.68 Å². The van der Waals surface area contributed by atoms with Crippen LogP contribution in [0.25, 0.3) is 11.3 Å². The minimum Gasteiger partial charge on any atom is -0.353 e. The van der Waals surface area contributed by atoms with E-state index < -0.39 is 0 Å². The van der Waals surface area contributed by atoms with E-state index in [0.29, 0.717) is 12.1 Å². The van der Waals surface area contributed by atoms with Crippen molar-refractivity contribution in [1.82, 2.24) is 14.9 Å². The molecule has 100 valence electrons. The number of nitrogens with one attached hydrogen (secondary N) is 1. The van der Waals surface area contributed by atoms with Crippen LogP contribution in [0.5, 0.6) is 0 Å². The molecule has 0 radical (unpaired) electrons. The van der Waals surface area contributed by atoms with Crippen molar-refractivity contribution in [3.05, 3.63) is 40.7 Å². The quantitative estimate of drug-likeness (QED) is 0.623. The molecule has 0 saturated heterocycles. The minimum absolute atomic E-state index is 0.254. The first-order valence-corrected chi connectivity index (χ1v) is 6.28. The van der Waals surface area contributed by atoms with E-state index in [1.807, 2.05) is 18.2 Å². The summed E-state index contributed by atoms with van der Waals surface area (Å²) in [5.41, 5.74) is 0.601. The van der Waals surface area contributed by atoms with Crippen LogP contribution in [0.2, 0.25) is 0 Å². The Hall–Kier alpha value is -2.37. The fraction of sp³-hybridized carbons (Fsp3) is 0.308.